The SMILES string of the molecule is CCc1ccccc1CNS(=O)(=O)c1ccccc1. The van der Waals surface area contributed by atoms with Gasteiger partial charge in [0.05, 0.1) is 4.90 Å². The molecule has 4 heteroatoms. The highest BCUT2D eigenvalue weighted by atomic mass is 32.2. The van der Waals surface area contributed by atoms with E-state index in [1.54, 1.807) is 30.3 Å². The fraction of sp³-hybridized carbons (Fsp3) is 0.200. The van der Waals surface area contributed by atoms with Crippen LogP contribution in [0.3, 0.4) is 0 Å². The smallest absolute Gasteiger partial charge is 0.207 e. The summed E-state index contributed by atoms with van der Waals surface area (Å²) in [5.74, 6) is 0. The maximum absolute atomic E-state index is 12.1. The molecule has 100 valence electrons. The summed E-state index contributed by atoms with van der Waals surface area (Å²) in [7, 11) is -3.43. The van der Waals surface area contributed by atoms with E-state index >= 15 is 0 Å². The fourth-order valence-electron chi connectivity index (χ4n) is 1.93. The van der Waals surface area contributed by atoms with Crippen LogP contribution in [0.15, 0.2) is 59.5 Å². The van der Waals surface area contributed by atoms with Crippen LogP contribution in [0.5, 0.6) is 0 Å². The lowest BCUT2D eigenvalue weighted by atomic mass is 10.1. The molecule has 0 amide bonds. The van der Waals surface area contributed by atoms with E-state index in [2.05, 4.69) is 11.6 Å². The summed E-state index contributed by atoms with van der Waals surface area (Å²) in [6.07, 6.45) is 0.892. The fourth-order valence-corrected chi connectivity index (χ4v) is 2.96. The number of rotatable bonds is 5. The minimum Gasteiger partial charge on any atom is -0.207 e. The van der Waals surface area contributed by atoms with Crippen LogP contribution in [0.2, 0.25) is 0 Å². The minimum absolute atomic E-state index is 0.295. The molecule has 19 heavy (non-hydrogen) atoms. The Bertz CT molecular complexity index is 636. The summed E-state index contributed by atoms with van der Waals surface area (Å²) in [4.78, 5) is 0.295. The summed E-state index contributed by atoms with van der Waals surface area (Å²) in [6.45, 7) is 2.38. The molecule has 0 saturated carbocycles. The normalized spacial score (nSPS) is 11.4. The van der Waals surface area contributed by atoms with Crippen LogP contribution in [0.1, 0.15) is 18.1 Å². The number of nitrogens with one attached hydrogen (secondary N) is 1. The van der Waals surface area contributed by atoms with Crippen molar-refractivity contribution in [2.24, 2.45) is 0 Å². The van der Waals surface area contributed by atoms with Crippen LogP contribution in [0, 0.1) is 0 Å². The molecule has 0 aliphatic heterocycles. The van der Waals surface area contributed by atoms with Crippen molar-refractivity contribution in [3.8, 4) is 0 Å². The number of hydrogen-bond donors (Lipinski definition) is 1. The number of sulfonamides is 1. The Kier molecular flexibility index (Phi) is 4.35. The molecule has 0 heterocycles. The molecule has 0 saturated heterocycles. The Hall–Kier alpha value is -1.65. The summed E-state index contributed by atoms with van der Waals surface area (Å²) in [6, 6.07) is 16.3. The summed E-state index contributed by atoms with van der Waals surface area (Å²) in [5, 5.41) is 0. The molecule has 0 atom stereocenters. The van der Waals surface area contributed by atoms with Gasteiger partial charge in [0.1, 0.15) is 0 Å². The average Bonchev–Trinajstić information content (AvgIpc) is 2.46. The standard InChI is InChI=1S/C15H17NO2S/c1-2-13-8-6-7-9-14(13)12-16-19(17,18)15-10-4-3-5-11-15/h3-11,16H,2,12H2,1H3. The first-order valence-corrected chi connectivity index (χ1v) is 7.73. The molecule has 2 aromatic carbocycles. The molecule has 0 unspecified atom stereocenters. The van der Waals surface area contributed by atoms with Gasteiger partial charge in [0.15, 0.2) is 0 Å². The van der Waals surface area contributed by atoms with Gasteiger partial charge in [0.2, 0.25) is 10.0 Å². The van der Waals surface area contributed by atoms with Gasteiger partial charge in [-0.2, -0.15) is 0 Å². The third-order valence-electron chi connectivity index (χ3n) is 3.01. The second-order valence-electron chi connectivity index (χ2n) is 4.26. The molecule has 0 spiro atoms. The van der Waals surface area contributed by atoms with Crippen molar-refractivity contribution in [2.75, 3.05) is 0 Å². The summed E-state index contributed by atoms with van der Waals surface area (Å²) < 4.78 is 26.8. The van der Waals surface area contributed by atoms with Crippen LogP contribution < -0.4 is 4.72 Å². The van der Waals surface area contributed by atoms with Gasteiger partial charge in [-0.1, -0.05) is 49.4 Å². The Balaban J connectivity index is 2.15. The van der Waals surface area contributed by atoms with Crippen molar-refractivity contribution in [2.45, 2.75) is 24.8 Å². The largest absolute Gasteiger partial charge is 0.240 e. The lowest BCUT2D eigenvalue weighted by molar-refractivity contribution is 0.581. The highest BCUT2D eigenvalue weighted by molar-refractivity contribution is 7.89. The zero-order valence-electron chi connectivity index (χ0n) is 10.8. The third-order valence-corrected chi connectivity index (χ3v) is 4.42. The molecular formula is C15H17NO2S. The highest BCUT2D eigenvalue weighted by Gasteiger charge is 2.13. The number of hydrogen-bond acceptors (Lipinski definition) is 2. The Morgan fingerprint density at radius 2 is 1.47 bits per heavy atom. The maximum Gasteiger partial charge on any atom is 0.240 e. The van der Waals surface area contributed by atoms with Gasteiger partial charge in [-0.15, -0.1) is 0 Å². The highest BCUT2D eigenvalue weighted by Crippen LogP contribution is 2.12. The van der Waals surface area contributed by atoms with Gasteiger partial charge >= 0.3 is 0 Å². The predicted octanol–water partition coefficient (Wildman–Crippen LogP) is 2.73. The molecule has 0 fully saturated rings. The van der Waals surface area contributed by atoms with Gasteiger partial charge in [0.25, 0.3) is 0 Å². The van der Waals surface area contributed by atoms with Crippen LogP contribution in [-0.2, 0) is 23.0 Å². The van der Waals surface area contributed by atoms with Crippen LogP contribution in [0.4, 0.5) is 0 Å². The summed E-state index contributed by atoms with van der Waals surface area (Å²) in [5.41, 5.74) is 2.18. The van der Waals surface area contributed by atoms with Gasteiger partial charge in [-0.25, -0.2) is 13.1 Å². The van der Waals surface area contributed by atoms with Gasteiger partial charge in [0, 0.05) is 6.54 Å². The first-order valence-electron chi connectivity index (χ1n) is 6.25. The van der Waals surface area contributed by atoms with E-state index in [0.717, 1.165) is 12.0 Å². The number of benzene rings is 2. The molecule has 0 aliphatic rings. The molecule has 2 rings (SSSR count). The van der Waals surface area contributed by atoms with E-state index < -0.39 is 10.0 Å². The van der Waals surface area contributed by atoms with Crippen molar-refractivity contribution in [3.05, 3.63) is 65.7 Å². The molecule has 0 aromatic heterocycles. The zero-order chi connectivity index (χ0) is 13.7. The average molecular weight is 275 g/mol. The Labute approximate surface area is 114 Å². The molecular weight excluding hydrogens is 258 g/mol. The molecule has 3 nitrogen and oxygen atoms in total. The van der Waals surface area contributed by atoms with Crippen LogP contribution in [-0.4, -0.2) is 8.42 Å². The Morgan fingerprint density at radius 1 is 0.895 bits per heavy atom. The lowest BCUT2D eigenvalue weighted by Gasteiger charge is -2.10. The molecule has 0 radical (unpaired) electrons. The van der Waals surface area contributed by atoms with E-state index in [1.165, 1.54) is 5.56 Å². The number of aryl methyl sites for hydroxylation is 1. The monoisotopic (exact) mass is 275 g/mol. The van der Waals surface area contributed by atoms with Gasteiger partial charge in [-0.05, 0) is 29.7 Å². The van der Waals surface area contributed by atoms with Gasteiger partial charge in [-0.3, -0.25) is 0 Å². The second-order valence-corrected chi connectivity index (χ2v) is 6.03. The molecule has 2 aromatic rings. The van der Waals surface area contributed by atoms with Crippen molar-refractivity contribution in [3.63, 3.8) is 0 Å². The van der Waals surface area contributed by atoms with Crippen molar-refractivity contribution < 1.29 is 8.42 Å². The van der Waals surface area contributed by atoms with E-state index in [4.69, 9.17) is 0 Å². The zero-order valence-corrected chi connectivity index (χ0v) is 11.7. The van der Waals surface area contributed by atoms with E-state index in [9.17, 15) is 8.42 Å². The molecule has 0 aliphatic carbocycles. The molecule has 0 bridgehead atoms. The maximum atomic E-state index is 12.1. The van der Waals surface area contributed by atoms with Crippen LogP contribution in [0.25, 0.3) is 0 Å². The summed E-state index contributed by atoms with van der Waals surface area (Å²) >= 11 is 0. The predicted molar refractivity (Wildman–Crippen MR) is 76.3 cm³/mol. The lowest BCUT2D eigenvalue weighted by Crippen LogP contribution is -2.23. The Morgan fingerprint density at radius 3 is 2.11 bits per heavy atom. The second kappa shape index (κ2) is 5.99. The quantitative estimate of drug-likeness (QED) is 0.912. The van der Waals surface area contributed by atoms with E-state index in [-0.39, 0.29) is 0 Å². The van der Waals surface area contributed by atoms with Crippen molar-refractivity contribution in [1.29, 1.82) is 0 Å². The van der Waals surface area contributed by atoms with E-state index in [0.29, 0.717) is 11.4 Å². The first-order chi connectivity index (χ1) is 9.13. The van der Waals surface area contributed by atoms with Crippen LogP contribution >= 0.6 is 0 Å². The van der Waals surface area contributed by atoms with Gasteiger partial charge < -0.3 is 0 Å². The van der Waals surface area contributed by atoms with Crippen molar-refractivity contribution >= 4 is 10.0 Å². The van der Waals surface area contributed by atoms with Crippen molar-refractivity contribution in [1.82, 2.24) is 4.72 Å². The van der Waals surface area contributed by atoms with E-state index in [1.807, 2.05) is 24.3 Å². The minimum atomic E-state index is -3.43. The molecule has 1 N–H and O–H groups in total. The third kappa shape index (κ3) is 3.43. The topological polar surface area (TPSA) is 46.2 Å². The first kappa shape index (κ1) is 13.8.